The van der Waals surface area contributed by atoms with E-state index >= 15 is 0 Å². The van der Waals surface area contributed by atoms with Crippen LogP contribution >= 0.6 is 34.2 Å². The SMILES string of the molecule is CC(I)C(=O)Nc1ccc(Cl)cc1. The summed E-state index contributed by atoms with van der Waals surface area (Å²) in [5, 5.41) is 3.43. The summed E-state index contributed by atoms with van der Waals surface area (Å²) < 4.78 is -0.0340. The molecule has 0 aliphatic carbocycles. The van der Waals surface area contributed by atoms with Crippen LogP contribution in [0.5, 0.6) is 0 Å². The van der Waals surface area contributed by atoms with Gasteiger partial charge in [0.25, 0.3) is 0 Å². The minimum Gasteiger partial charge on any atom is -0.325 e. The van der Waals surface area contributed by atoms with E-state index in [2.05, 4.69) is 27.9 Å². The third-order valence-corrected chi connectivity index (χ3v) is 2.29. The molecule has 0 aliphatic rings. The molecular formula is C9H9ClINO. The number of amides is 1. The first-order valence-corrected chi connectivity index (χ1v) is 5.42. The summed E-state index contributed by atoms with van der Waals surface area (Å²) in [6.45, 7) is 1.84. The van der Waals surface area contributed by atoms with Crippen molar-refractivity contribution in [1.29, 1.82) is 0 Å². The average Bonchev–Trinajstić information content (AvgIpc) is 2.08. The molecule has 0 aromatic heterocycles. The maximum Gasteiger partial charge on any atom is 0.237 e. The minimum absolute atomic E-state index is 0.00271. The standard InChI is InChI=1S/C9H9ClINO/c1-6(11)9(13)12-8-4-2-7(10)3-5-8/h2-6H,1H3,(H,12,13). The number of nitrogens with one attached hydrogen (secondary N) is 1. The Kier molecular flexibility index (Phi) is 3.99. The predicted molar refractivity (Wildman–Crippen MR) is 63.6 cm³/mol. The molecule has 0 fully saturated rings. The highest BCUT2D eigenvalue weighted by molar-refractivity contribution is 14.1. The normalized spacial score (nSPS) is 12.2. The van der Waals surface area contributed by atoms with E-state index in [4.69, 9.17) is 11.6 Å². The van der Waals surface area contributed by atoms with Crippen LogP contribution in [-0.2, 0) is 4.79 Å². The number of benzene rings is 1. The van der Waals surface area contributed by atoms with Gasteiger partial charge in [-0.2, -0.15) is 0 Å². The molecule has 0 spiro atoms. The van der Waals surface area contributed by atoms with E-state index in [-0.39, 0.29) is 9.83 Å². The number of carbonyl (C=O) groups is 1. The first kappa shape index (κ1) is 10.8. The highest BCUT2D eigenvalue weighted by Gasteiger charge is 2.07. The summed E-state index contributed by atoms with van der Waals surface area (Å²) in [4.78, 5) is 11.2. The quantitative estimate of drug-likeness (QED) is 0.660. The van der Waals surface area contributed by atoms with Gasteiger partial charge in [0.15, 0.2) is 0 Å². The lowest BCUT2D eigenvalue weighted by Crippen LogP contribution is -2.19. The largest absolute Gasteiger partial charge is 0.325 e. The molecule has 1 rings (SSSR count). The van der Waals surface area contributed by atoms with Crippen molar-refractivity contribution < 1.29 is 4.79 Å². The molecule has 0 saturated carbocycles. The summed E-state index contributed by atoms with van der Waals surface area (Å²) in [5.74, 6) is 0.00271. The first-order valence-electron chi connectivity index (χ1n) is 3.80. The van der Waals surface area contributed by atoms with Gasteiger partial charge in [0, 0.05) is 10.7 Å². The van der Waals surface area contributed by atoms with Gasteiger partial charge < -0.3 is 5.32 Å². The van der Waals surface area contributed by atoms with Crippen molar-refractivity contribution in [2.24, 2.45) is 0 Å². The van der Waals surface area contributed by atoms with Crippen LogP contribution in [0.4, 0.5) is 5.69 Å². The van der Waals surface area contributed by atoms with Crippen molar-refractivity contribution in [3.8, 4) is 0 Å². The molecule has 1 N–H and O–H groups in total. The molecule has 0 radical (unpaired) electrons. The van der Waals surface area contributed by atoms with Gasteiger partial charge in [0.1, 0.15) is 0 Å². The molecule has 1 amide bonds. The van der Waals surface area contributed by atoms with E-state index in [0.29, 0.717) is 5.02 Å². The summed E-state index contributed by atoms with van der Waals surface area (Å²) in [7, 11) is 0. The van der Waals surface area contributed by atoms with Gasteiger partial charge in [0.2, 0.25) is 5.91 Å². The third kappa shape index (κ3) is 3.52. The van der Waals surface area contributed by atoms with Crippen LogP contribution in [0.25, 0.3) is 0 Å². The van der Waals surface area contributed by atoms with Crippen molar-refractivity contribution in [3.63, 3.8) is 0 Å². The molecule has 0 aliphatic heterocycles. The van der Waals surface area contributed by atoms with Gasteiger partial charge in [-0.05, 0) is 31.2 Å². The van der Waals surface area contributed by atoms with E-state index in [0.717, 1.165) is 5.69 Å². The Morgan fingerprint density at radius 2 is 2.00 bits per heavy atom. The van der Waals surface area contributed by atoms with E-state index in [1.807, 2.05) is 6.92 Å². The third-order valence-electron chi connectivity index (χ3n) is 1.47. The second-order valence-electron chi connectivity index (χ2n) is 2.61. The maximum absolute atomic E-state index is 11.2. The molecule has 0 saturated heterocycles. The zero-order valence-electron chi connectivity index (χ0n) is 7.05. The van der Waals surface area contributed by atoms with Crippen LogP contribution < -0.4 is 5.32 Å². The van der Waals surface area contributed by atoms with E-state index < -0.39 is 0 Å². The average molecular weight is 310 g/mol. The van der Waals surface area contributed by atoms with E-state index in [1.54, 1.807) is 24.3 Å². The summed E-state index contributed by atoms with van der Waals surface area (Å²) in [6.07, 6.45) is 0. The number of alkyl halides is 1. The van der Waals surface area contributed by atoms with Crippen molar-refractivity contribution in [3.05, 3.63) is 29.3 Å². The Morgan fingerprint density at radius 1 is 1.46 bits per heavy atom. The van der Waals surface area contributed by atoms with Gasteiger partial charge in [0.05, 0.1) is 3.92 Å². The predicted octanol–water partition coefficient (Wildman–Crippen LogP) is 3.10. The Bertz CT molecular complexity index is 297. The lowest BCUT2D eigenvalue weighted by atomic mass is 10.3. The van der Waals surface area contributed by atoms with Gasteiger partial charge in [-0.15, -0.1) is 0 Å². The summed E-state index contributed by atoms with van der Waals surface area (Å²) in [6, 6.07) is 7.04. The van der Waals surface area contributed by atoms with Crippen molar-refractivity contribution in [2.75, 3.05) is 5.32 Å². The van der Waals surface area contributed by atoms with Crippen LogP contribution in [0.15, 0.2) is 24.3 Å². The summed E-state index contributed by atoms with van der Waals surface area (Å²) >= 11 is 7.76. The Balaban J connectivity index is 2.65. The fraction of sp³-hybridized carbons (Fsp3) is 0.222. The monoisotopic (exact) mass is 309 g/mol. The number of anilines is 1. The Labute approximate surface area is 95.8 Å². The molecule has 4 heteroatoms. The second kappa shape index (κ2) is 4.81. The molecule has 70 valence electrons. The maximum atomic E-state index is 11.2. The number of hydrogen-bond acceptors (Lipinski definition) is 1. The highest BCUT2D eigenvalue weighted by atomic mass is 127. The smallest absolute Gasteiger partial charge is 0.237 e. The fourth-order valence-electron chi connectivity index (χ4n) is 0.775. The summed E-state index contributed by atoms with van der Waals surface area (Å²) in [5.41, 5.74) is 0.776. The zero-order valence-corrected chi connectivity index (χ0v) is 9.96. The lowest BCUT2D eigenvalue weighted by molar-refractivity contribution is -0.115. The first-order chi connectivity index (χ1) is 6.09. The lowest BCUT2D eigenvalue weighted by Gasteiger charge is -2.05. The number of hydrogen-bond donors (Lipinski definition) is 1. The topological polar surface area (TPSA) is 29.1 Å². The van der Waals surface area contributed by atoms with Crippen molar-refractivity contribution in [1.82, 2.24) is 0 Å². The van der Waals surface area contributed by atoms with Crippen LogP contribution in [0, 0.1) is 0 Å². The second-order valence-corrected chi connectivity index (χ2v) is 4.92. The van der Waals surface area contributed by atoms with Crippen LogP contribution in [0.1, 0.15) is 6.92 Å². The van der Waals surface area contributed by atoms with Gasteiger partial charge >= 0.3 is 0 Å². The van der Waals surface area contributed by atoms with Crippen LogP contribution in [0.3, 0.4) is 0 Å². The van der Waals surface area contributed by atoms with E-state index in [1.165, 1.54) is 0 Å². The van der Waals surface area contributed by atoms with Gasteiger partial charge in [-0.1, -0.05) is 34.2 Å². The molecule has 0 heterocycles. The Hall–Kier alpha value is -0.290. The molecule has 0 bridgehead atoms. The molecule has 1 unspecified atom stereocenters. The van der Waals surface area contributed by atoms with Gasteiger partial charge in [-0.25, -0.2) is 0 Å². The molecule has 1 aromatic rings. The number of carbonyl (C=O) groups excluding carboxylic acids is 1. The Morgan fingerprint density at radius 3 is 2.46 bits per heavy atom. The van der Waals surface area contributed by atoms with Gasteiger partial charge in [-0.3, -0.25) is 4.79 Å². The molecule has 2 nitrogen and oxygen atoms in total. The molecular weight excluding hydrogens is 300 g/mol. The zero-order chi connectivity index (χ0) is 9.84. The van der Waals surface area contributed by atoms with Crippen molar-refractivity contribution in [2.45, 2.75) is 10.8 Å². The van der Waals surface area contributed by atoms with Crippen LogP contribution in [-0.4, -0.2) is 9.83 Å². The van der Waals surface area contributed by atoms with Crippen LogP contribution in [0.2, 0.25) is 5.02 Å². The molecule has 1 aromatic carbocycles. The van der Waals surface area contributed by atoms with Crippen molar-refractivity contribution >= 4 is 45.8 Å². The number of rotatable bonds is 2. The minimum atomic E-state index is -0.0340. The molecule has 13 heavy (non-hydrogen) atoms. The number of halogens is 2. The highest BCUT2D eigenvalue weighted by Crippen LogP contribution is 2.14. The fourth-order valence-corrected chi connectivity index (χ4v) is 1.06. The molecule has 1 atom stereocenters. The van der Waals surface area contributed by atoms with E-state index in [9.17, 15) is 4.79 Å².